The van der Waals surface area contributed by atoms with E-state index in [-0.39, 0.29) is 5.56 Å². The van der Waals surface area contributed by atoms with Crippen LogP contribution in [0, 0.1) is 0 Å². The quantitative estimate of drug-likeness (QED) is 0.773. The van der Waals surface area contributed by atoms with Gasteiger partial charge in [0.05, 0.1) is 6.20 Å². The van der Waals surface area contributed by atoms with Crippen molar-refractivity contribution in [3.8, 4) is 0 Å². The van der Waals surface area contributed by atoms with Gasteiger partial charge >= 0.3 is 0 Å². The van der Waals surface area contributed by atoms with E-state index < -0.39 is 0 Å². The van der Waals surface area contributed by atoms with E-state index in [4.69, 9.17) is 4.74 Å². The standard InChI is InChI=1S/C21H24N4O2/c26-21-19-10-22-20(16-6-8-27-9-7-16)25(19)14-18(23-21)13-24-11-17(12-24)15-4-2-1-3-5-15/h1-5,10,14,16-17H,6-9,11-13H2,(H,23,26). The number of hydrogen-bond acceptors (Lipinski definition) is 4. The third-order valence-corrected chi connectivity index (χ3v) is 5.83. The first-order valence-corrected chi connectivity index (χ1v) is 9.72. The number of rotatable bonds is 4. The van der Waals surface area contributed by atoms with Crippen molar-refractivity contribution < 1.29 is 4.74 Å². The zero-order chi connectivity index (χ0) is 18.2. The molecule has 2 saturated heterocycles. The zero-order valence-electron chi connectivity index (χ0n) is 15.3. The van der Waals surface area contributed by atoms with Crippen LogP contribution in [0.5, 0.6) is 0 Å². The monoisotopic (exact) mass is 364 g/mol. The fourth-order valence-electron chi connectivity index (χ4n) is 4.29. The first kappa shape index (κ1) is 16.7. The number of H-pyrrole nitrogens is 1. The Hall–Kier alpha value is -2.44. The van der Waals surface area contributed by atoms with Gasteiger partial charge in [-0.1, -0.05) is 30.3 Å². The van der Waals surface area contributed by atoms with Gasteiger partial charge in [-0.25, -0.2) is 4.98 Å². The average Bonchev–Trinajstić information content (AvgIpc) is 3.10. The first-order chi connectivity index (χ1) is 13.3. The molecule has 140 valence electrons. The number of aromatic nitrogens is 3. The highest BCUT2D eigenvalue weighted by molar-refractivity contribution is 5.44. The van der Waals surface area contributed by atoms with Crippen molar-refractivity contribution in [3.63, 3.8) is 0 Å². The minimum Gasteiger partial charge on any atom is -0.381 e. The van der Waals surface area contributed by atoms with Crippen molar-refractivity contribution in [2.75, 3.05) is 26.3 Å². The molecular weight excluding hydrogens is 340 g/mol. The number of hydrogen-bond donors (Lipinski definition) is 1. The molecule has 0 aliphatic carbocycles. The van der Waals surface area contributed by atoms with Crippen LogP contribution in [0.15, 0.2) is 47.5 Å². The van der Waals surface area contributed by atoms with E-state index in [1.165, 1.54) is 5.56 Å². The molecule has 4 heterocycles. The van der Waals surface area contributed by atoms with E-state index in [1.54, 1.807) is 6.20 Å². The third kappa shape index (κ3) is 3.19. The molecule has 2 aliphatic rings. The maximum atomic E-state index is 12.5. The Kier molecular flexibility index (Phi) is 4.30. The Bertz CT molecular complexity index is 982. The van der Waals surface area contributed by atoms with Crippen LogP contribution in [0.4, 0.5) is 0 Å². The first-order valence-electron chi connectivity index (χ1n) is 9.72. The van der Waals surface area contributed by atoms with Gasteiger partial charge in [0.2, 0.25) is 0 Å². The normalized spacial score (nSPS) is 19.4. The second kappa shape index (κ2) is 6.94. The number of nitrogens with one attached hydrogen (secondary N) is 1. The van der Waals surface area contributed by atoms with E-state index in [1.807, 2.05) is 4.40 Å². The van der Waals surface area contributed by atoms with E-state index in [2.05, 4.69) is 51.4 Å². The van der Waals surface area contributed by atoms with Crippen molar-refractivity contribution in [3.05, 3.63) is 70.2 Å². The SMILES string of the molecule is O=c1[nH]c(CN2CC(c3ccccc3)C2)cn2c(C3CCOCC3)ncc12. The van der Waals surface area contributed by atoms with Gasteiger partial charge in [0.15, 0.2) is 0 Å². The van der Waals surface area contributed by atoms with Gasteiger partial charge in [0, 0.05) is 56.6 Å². The summed E-state index contributed by atoms with van der Waals surface area (Å²) in [4.78, 5) is 22.5. The topological polar surface area (TPSA) is 62.6 Å². The smallest absolute Gasteiger partial charge is 0.274 e. The molecule has 0 spiro atoms. The molecule has 5 rings (SSSR count). The summed E-state index contributed by atoms with van der Waals surface area (Å²) in [6.07, 6.45) is 5.69. The largest absolute Gasteiger partial charge is 0.381 e. The van der Waals surface area contributed by atoms with Gasteiger partial charge in [-0.15, -0.1) is 0 Å². The number of ether oxygens (including phenoxy) is 1. The maximum absolute atomic E-state index is 12.5. The van der Waals surface area contributed by atoms with Crippen LogP contribution in [0.3, 0.4) is 0 Å². The predicted octanol–water partition coefficient (Wildman–Crippen LogP) is 2.52. The summed E-state index contributed by atoms with van der Waals surface area (Å²) in [5, 5.41) is 0. The number of benzene rings is 1. The van der Waals surface area contributed by atoms with E-state index >= 15 is 0 Å². The Balaban J connectivity index is 1.34. The van der Waals surface area contributed by atoms with Crippen LogP contribution < -0.4 is 5.56 Å². The van der Waals surface area contributed by atoms with Crippen LogP contribution in [-0.2, 0) is 11.3 Å². The predicted molar refractivity (Wildman–Crippen MR) is 103 cm³/mol. The molecule has 0 atom stereocenters. The lowest BCUT2D eigenvalue weighted by molar-refractivity contribution is 0.0834. The molecule has 1 N–H and O–H groups in total. The molecule has 3 aromatic rings. The Morgan fingerprint density at radius 2 is 1.89 bits per heavy atom. The highest BCUT2D eigenvalue weighted by Gasteiger charge is 2.28. The van der Waals surface area contributed by atoms with Crippen LogP contribution in [0.25, 0.3) is 5.52 Å². The van der Waals surface area contributed by atoms with Gasteiger partial charge in [0.25, 0.3) is 5.56 Å². The van der Waals surface area contributed by atoms with Gasteiger partial charge in [-0.2, -0.15) is 0 Å². The van der Waals surface area contributed by atoms with Gasteiger partial charge in [0.1, 0.15) is 11.3 Å². The lowest BCUT2D eigenvalue weighted by Crippen LogP contribution is -2.44. The molecule has 27 heavy (non-hydrogen) atoms. The van der Waals surface area contributed by atoms with Crippen LogP contribution >= 0.6 is 0 Å². The third-order valence-electron chi connectivity index (χ3n) is 5.83. The minimum atomic E-state index is -0.0570. The van der Waals surface area contributed by atoms with Crippen molar-refractivity contribution >= 4 is 5.52 Å². The minimum absolute atomic E-state index is 0.0570. The van der Waals surface area contributed by atoms with Crippen molar-refractivity contribution in [1.29, 1.82) is 0 Å². The molecule has 6 heteroatoms. The molecular formula is C21H24N4O2. The lowest BCUT2D eigenvalue weighted by Gasteiger charge is -2.39. The summed E-state index contributed by atoms with van der Waals surface area (Å²) >= 11 is 0. The fraction of sp³-hybridized carbons (Fsp3) is 0.429. The van der Waals surface area contributed by atoms with E-state index in [0.717, 1.165) is 57.2 Å². The van der Waals surface area contributed by atoms with Gasteiger partial charge in [-0.05, 0) is 18.4 Å². The summed E-state index contributed by atoms with van der Waals surface area (Å²) in [5.41, 5.74) is 2.92. The molecule has 0 saturated carbocycles. The summed E-state index contributed by atoms with van der Waals surface area (Å²) < 4.78 is 7.47. The molecule has 2 fully saturated rings. The van der Waals surface area contributed by atoms with Gasteiger partial charge in [-0.3, -0.25) is 14.1 Å². The molecule has 2 aliphatic heterocycles. The van der Waals surface area contributed by atoms with Crippen LogP contribution in [0.1, 0.15) is 41.8 Å². The molecule has 2 aromatic heterocycles. The van der Waals surface area contributed by atoms with Crippen molar-refractivity contribution in [1.82, 2.24) is 19.3 Å². The lowest BCUT2D eigenvalue weighted by atomic mass is 9.91. The molecule has 6 nitrogen and oxygen atoms in total. The second-order valence-electron chi connectivity index (χ2n) is 7.67. The summed E-state index contributed by atoms with van der Waals surface area (Å²) in [6.45, 7) is 4.36. The highest BCUT2D eigenvalue weighted by Crippen LogP contribution is 2.28. The number of aromatic amines is 1. The maximum Gasteiger partial charge on any atom is 0.274 e. The zero-order valence-corrected chi connectivity index (χ0v) is 15.3. The molecule has 0 amide bonds. The molecule has 0 unspecified atom stereocenters. The number of imidazole rings is 1. The summed E-state index contributed by atoms with van der Waals surface area (Å²) in [7, 11) is 0. The number of likely N-dealkylation sites (tertiary alicyclic amines) is 1. The highest BCUT2D eigenvalue weighted by atomic mass is 16.5. The van der Waals surface area contributed by atoms with Crippen molar-refractivity contribution in [2.24, 2.45) is 0 Å². The Morgan fingerprint density at radius 1 is 1.11 bits per heavy atom. The Morgan fingerprint density at radius 3 is 2.67 bits per heavy atom. The van der Waals surface area contributed by atoms with Crippen LogP contribution in [-0.4, -0.2) is 45.6 Å². The van der Waals surface area contributed by atoms with Gasteiger partial charge < -0.3 is 9.72 Å². The van der Waals surface area contributed by atoms with E-state index in [9.17, 15) is 4.79 Å². The van der Waals surface area contributed by atoms with E-state index in [0.29, 0.717) is 17.4 Å². The summed E-state index contributed by atoms with van der Waals surface area (Å²) in [6, 6.07) is 10.6. The summed E-state index contributed by atoms with van der Waals surface area (Å²) in [5.74, 6) is 1.95. The molecule has 0 radical (unpaired) electrons. The molecule has 1 aromatic carbocycles. The molecule has 0 bridgehead atoms. The number of fused-ring (bicyclic) bond motifs is 1. The number of nitrogens with zero attached hydrogens (tertiary/aromatic N) is 3. The second-order valence-corrected chi connectivity index (χ2v) is 7.67. The fourth-order valence-corrected chi connectivity index (χ4v) is 4.29. The average molecular weight is 364 g/mol. The van der Waals surface area contributed by atoms with Crippen molar-refractivity contribution in [2.45, 2.75) is 31.2 Å². The van der Waals surface area contributed by atoms with Crippen LogP contribution in [0.2, 0.25) is 0 Å². The Labute approximate surface area is 157 Å².